The lowest BCUT2D eigenvalue weighted by Gasteiger charge is -2.23. The van der Waals surface area contributed by atoms with Crippen molar-refractivity contribution in [2.75, 3.05) is 6.54 Å². The summed E-state index contributed by atoms with van der Waals surface area (Å²) in [5, 5.41) is 0. The number of pyridine rings is 1. The summed E-state index contributed by atoms with van der Waals surface area (Å²) in [6.07, 6.45) is 2.68. The molecule has 1 amide bonds. The molecule has 5 nitrogen and oxygen atoms in total. The molecular weight excluding hydrogens is 404 g/mol. The van der Waals surface area contributed by atoms with Crippen molar-refractivity contribution >= 4 is 33.0 Å². The number of rotatable bonds is 7. The van der Waals surface area contributed by atoms with Crippen molar-refractivity contribution in [3.63, 3.8) is 0 Å². The van der Waals surface area contributed by atoms with Gasteiger partial charge in [-0.3, -0.25) is 4.79 Å². The standard InChI is InChI=1S/C21H25BrN4O/c1-4-11-25(21(27)16-7-5-8-17(22)12-16)14-19-24-18-9-6-10-23-20(18)26(19)13-15(2)3/h5-10,12,15H,4,11,13-14H2,1-3H3. The fourth-order valence-electron chi connectivity index (χ4n) is 3.18. The zero-order valence-corrected chi connectivity index (χ0v) is 17.6. The molecule has 0 unspecified atom stereocenters. The van der Waals surface area contributed by atoms with Crippen molar-refractivity contribution in [1.29, 1.82) is 0 Å². The van der Waals surface area contributed by atoms with Gasteiger partial charge in [-0.2, -0.15) is 0 Å². The number of hydrogen-bond donors (Lipinski definition) is 0. The quantitative estimate of drug-likeness (QED) is 0.537. The van der Waals surface area contributed by atoms with Crippen LogP contribution in [-0.2, 0) is 13.1 Å². The molecule has 6 heteroatoms. The predicted molar refractivity (Wildman–Crippen MR) is 112 cm³/mol. The number of amides is 1. The maximum Gasteiger partial charge on any atom is 0.254 e. The van der Waals surface area contributed by atoms with Crippen LogP contribution in [0.4, 0.5) is 0 Å². The summed E-state index contributed by atoms with van der Waals surface area (Å²) in [4.78, 5) is 24.3. The molecule has 0 saturated carbocycles. The van der Waals surface area contributed by atoms with Gasteiger partial charge in [0.25, 0.3) is 5.91 Å². The van der Waals surface area contributed by atoms with Crippen LogP contribution in [0.5, 0.6) is 0 Å². The SMILES string of the molecule is CCCN(Cc1nc2cccnc2n1CC(C)C)C(=O)c1cccc(Br)c1. The third-order valence-corrected chi connectivity index (χ3v) is 4.81. The van der Waals surface area contributed by atoms with Gasteiger partial charge in [-0.25, -0.2) is 9.97 Å². The minimum absolute atomic E-state index is 0.0225. The summed E-state index contributed by atoms with van der Waals surface area (Å²) in [6, 6.07) is 11.4. The lowest BCUT2D eigenvalue weighted by molar-refractivity contribution is 0.0737. The van der Waals surface area contributed by atoms with Gasteiger partial charge in [0.15, 0.2) is 5.65 Å². The minimum Gasteiger partial charge on any atom is -0.331 e. The van der Waals surface area contributed by atoms with E-state index in [0.29, 0.717) is 24.6 Å². The van der Waals surface area contributed by atoms with Gasteiger partial charge >= 0.3 is 0 Å². The van der Waals surface area contributed by atoms with Crippen LogP contribution in [-0.4, -0.2) is 31.9 Å². The van der Waals surface area contributed by atoms with Crippen LogP contribution in [0, 0.1) is 5.92 Å². The number of fused-ring (bicyclic) bond motifs is 1. The number of hydrogen-bond acceptors (Lipinski definition) is 3. The highest BCUT2D eigenvalue weighted by molar-refractivity contribution is 9.10. The second kappa shape index (κ2) is 8.65. The van der Waals surface area contributed by atoms with Gasteiger partial charge in [0.1, 0.15) is 11.3 Å². The summed E-state index contributed by atoms with van der Waals surface area (Å²) in [5.41, 5.74) is 2.44. The molecule has 0 spiro atoms. The summed E-state index contributed by atoms with van der Waals surface area (Å²) in [7, 11) is 0. The molecule has 0 fully saturated rings. The fourth-order valence-corrected chi connectivity index (χ4v) is 3.58. The Bertz CT molecular complexity index is 935. The second-order valence-corrected chi connectivity index (χ2v) is 8.03. The molecule has 0 atom stereocenters. The van der Waals surface area contributed by atoms with E-state index in [9.17, 15) is 4.79 Å². The van der Waals surface area contributed by atoms with Crippen molar-refractivity contribution in [2.24, 2.45) is 5.92 Å². The molecule has 142 valence electrons. The average molecular weight is 429 g/mol. The molecule has 0 bridgehead atoms. The number of nitrogens with zero attached hydrogens (tertiary/aromatic N) is 4. The molecule has 0 aliphatic rings. The Kier molecular flexibility index (Phi) is 6.26. The summed E-state index contributed by atoms with van der Waals surface area (Å²) >= 11 is 3.45. The molecule has 0 N–H and O–H groups in total. The molecule has 0 aliphatic heterocycles. The van der Waals surface area contributed by atoms with Gasteiger partial charge < -0.3 is 9.47 Å². The lowest BCUT2D eigenvalue weighted by atomic mass is 10.2. The fraction of sp³-hybridized carbons (Fsp3) is 0.381. The van der Waals surface area contributed by atoms with Gasteiger partial charge in [-0.1, -0.05) is 42.8 Å². The Morgan fingerprint density at radius 2 is 2.07 bits per heavy atom. The number of benzene rings is 1. The van der Waals surface area contributed by atoms with Crippen molar-refractivity contribution in [3.8, 4) is 0 Å². The van der Waals surface area contributed by atoms with Crippen LogP contribution in [0.15, 0.2) is 47.1 Å². The second-order valence-electron chi connectivity index (χ2n) is 7.12. The first-order valence-corrected chi connectivity index (χ1v) is 10.1. The third kappa shape index (κ3) is 4.56. The van der Waals surface area contributed by atoms with Crippen LogP contribution in [0.3, 0.4) is 0 Å². The number of carbonyl (C=O) groups is 1. The predicted octanol–water partition coefficient (Wildman–Crippen LogP) is 4.90. The minimum atomic E-state index is 0.0225. The summed E-state index contributed by atoms with van der Waals surface area (Å²) in [6.45, 7) is 8.42. The van der Waals surface area contributed by atoms with E-state index in [4.69, 9.17) is 4.98 Å². The van der Waals surface area contributed by atoms with Gasteiger partial charge in [-0.15, -0.1) is 0 Å². The van der Waals surface area contributed by atoms with E-state index in [1.807, 2.05) is 41.3 Å². The first kappa shape index (κ1) is 19.5. The number of aromatic nitrogens is 3. The van der Waals surface area contributed by atoms with Crippen molar-refractivity contribution in [2.45, 2.75) is 40.3 Å². The lowest BCUT2D eigenvalue weighted by Crippen LogP contribution is -2.32. The molecule has 27 heavy (non-hydrogen) atoms. The van der Waals surface area contributed by atoms with Crippen molar-refractivity contribution < 1.29 is 4.79 Å². The third-order valence-electron chi connectivity index (χ3n) is 4.32. The molecule has 2 aromatic heterocycles. The molecule has 2 heterocycles. The zero-order valence-electron chi connectivity index (χ0n) is 16.0. The molecule has 0 saturated heterocycles. The first-order chi connectivity index (χ1) is 13.0. The molecular formula is C21H25BrN4O. The average Bonchev–Trinajstić information content (AvgIpc) is 2.97. The van der Waals surface area contributed by atoms with E-state index in [2.05, 4.69) is 46.3 Å². The van der Waals surface area contributed by atoms with E-state index in [-0.39, 0.29) is 5.91 Å². The Morgan fingerprint density at radius 1 is 1.26 bits per heavy atom. The molecule has 0 radical (unpaired) electrons. The van der Waals surface area contributed by atoms with E-state index < -0.39 is 0 Å². The van der Waals surface area contributed by atoms with Gasteiger partial charge in [0.05, 0.1) is 6.54 Å². The van der Waals surface area contributed by atoms with Gasteiger partial charge in [-0.05, 0) is 42.7 Å². The Labute approximate surface area is 168 Å². The van der Waals surface area contributed by atoms with Crippen LogP contribution < -0.4 is 0 Å². The highest BCUT2D eigenvalue weighted by Gasteiger charge is 2.20. The zero-order chi connectivity index (χ0) is 19.4. The molecule has 1 aromatic carbocycles. The Morgan fingerprint density at radius 3 is 2.78 bits per heavy atom. The largest absolute Gasteiger partial charge is 0.331 e. The van der Waals surface area contributed by atoms with Crippen LogP contribution >= 0.6 is 15.9 Å². The summed E-state index contributed by atoms with van der Waals surface area (Å²) < 4.78 is 3.05. The molecule has 0 aliphatic carbocycles. The Hall–Kier alpha value is -2.21. The number of halogens is 1. The van der Waals surface area contributed by atoms with Crippen LogP contribution in [0.2, 0.25) is 0 Å². The first-order valence-electron chi connectivity index (χ1n) is 9.34. The maximum absolute atomic E-state index is 13.1. The monoisotopic (exact) mass is 428 g/mol. The summed E-state index contributed by atoms with van der Waals surface area (Å²) in [5.74, 6) is 1.37. The van der Waals surface area contributed by atoms with E-state index in [1.54, 1.807) is 6.20 Å². The normalized spacial score (nSPS) is 11.3. The van der Waals surface area contributed by atoms with Gasteiger partial charge in [0, 0.05) is 29.3 Å². The van der Waals surface area contributed by atoms with Crippen molar-refractivity contribution in [3.05, 3.63) is 58.5 Å². The molecule has 3 aromatic rings. The highest BCUT2D eigenvalue weighted by atomic mass is 79.9. The van der Waals surface area contributed by atoms with Crippen molar-refractivity contribution in [1.82, 2.24) is 19.4 Å². The van der Waals surface area contributed by atoms with Gasteiger partial charge in [0.2, 0.25) is 0 Å². The van der Waals surface area contributed by atoms with E-state index >= 15 is 0 Å². The van der Waals surface area contributed by atoms with Crippen LogP contribution in [0.1, 0.15) is 43.4 Å². The number of carbonyl (C=O) groups excluding carboxylic acids is 1. The Balaban J connectivity index is 1.95. The van der Waals surface area contributed by atoms with E-state index in [1.165, 1.54) is 0 Å². The van der Waals surface area contributed by atoms with E-state index in [0.717, 1.165) is 34.4 Å². The number of imidazole rings is 1. The maximum atomic E-state index is 13.1. The smallest absolute Gasteiger partial charge is 0.254 e. The topological polar surface area (TPSA) is 51.0 Å². The highest BCUT2D eigenvalue weighted by Crippen LogP contribution is 2.19. The molecule has 3 rings (SSSR count). The van der Waals surface area contributed by atoms with Crippen LogP contribution in [0.25, 0.3) is 11.2 Å².